The van der Waals surface area contributed by atoms with Gasteiger partial charge in [-0.15, -0.1) is 11.3 Å². The first-order chi connectivity index (χ1) is 20.9. The van der Waals surface area contributed by atoms with Crippen molar-refractivity contribution in [2.75, 3.05) is 25.9 Å². The summed E-state index contributed by atoms with van der Waals surface area (Å²) in [5.41, 5.74) is 0.467. The molecule has 1 fully saturated rings. The molecular formula is C27H33ClN6O8S3. The number of nitrogens with zero attached hydrogens (tertiary/aromatic N) is 3. The van der Waals surface area contributed by atoms with E-state index >= 15 is 0 Å². The first-order valence-electron chi connectivity index (χ1n) is 13.9. The van der Waals surface area contributed by atoms with Crippen LogP contribution in [0.25, 0.3) is 10.9 Å². The number of halogens is 1. The highest BCUT2D eigenvalue weighted by Gasteiger charge is 2.40. The van der Waals surface area contributed by atoms with Gasteiger partial charge in [-0.05, 0) is 45.0 Å². The largest absolute Gasteiger partial charge is 0.459 e. The number of aromatic nitrogens is 2. The van der Waals surface area contributed by atoms with Crippen molar-refractivity contribution in [1.82, 2.24) is 29.2 Å². The van der Waals surface area contributed by atoms with Gasteiger partial charge in [-0.2, -0.15) is 4.31 Å². The summed E-state index contributed by atoms with van der Waals surface area (Å²) in [6.07, 6.45) is 0.572. The van der Waals surface area contributed by atoms with Crippen LogP contribution in [0, 0.1) is 0 Å². The number of rotatable bonds is 7. The van der Waals surface area contributed by atoms with Crippen molar-refractivity contribution in [3.8, 4) is 0 Å². The molecule has 2 aromatic heterocycles. The zero-order valence-corrected chi connectivity index (χ0v) is 28.1. The summed E-state index contributed by atoms with van der Waals surface area (Å²) in [5, 5.41) is 4.18. The Morgan fingerprint density at radius 2 is 1.89 bits per heavy atom. The van der Waals surface area contributed by atoms with Crippen LogP contribution in [0.1, 0.15) is 47.6 Å². The predicted octanol–water partition coefficient (Wildman–Crippen LogP) is 1.62. The van der Waals surface area contributed by atoms with E-state index < -0.39 is 61.9 Å². The smallest absolute Gasteiger partial charge is 0.324 e. The second-order valence-corrected chi connectivity index (χ2v) is 17.1. The molecule has 1 saturated heterocycles. The number of thiazole rings is 1. The van der Waals surface area contributed by atoms with Crippen molar-refractivity contribution >= 4 is 71.7 Å². The number of nitrogens with one attached hydrogen (secondary N) is 3. The maximum Gasteiger partial charge on any atom is 0.324 e. The van der Waals surface area contributed by atoms with Gasteiger partial charge >= 0.3 is 5.97 Å². The Balaban J connectivity index is 1.38. The Morgan fingerprint density at radius 3 is 2.58 bits per heavy atom. The summed E-state index contributed by atoms with van der Waals surface area (Å²) in [6.45, 7) is 5.18. The Labute approximate surface area is 269 Å². The molecule has 0 radical (unpaired) electrons. The molecule has 3 aromatic rings. The molecule has 5 rings (SSSR count). The lowest BCUT2D eigenvalue weighted by atomic mass is 10.1. The number of H-pyrrole nitrogens is 1. The van der Waals surface area contributed by atoms with Gasteiger partial charge in [-0.25, -0.2) is 21.8 Å². The number of benzene rings is 1. The number of piperazine rings is 1. The van der Waals surface area contributed by atoms with Gasteiger partial charge < -0.3 is 14.6 Å². The number of esters is 1. The summed E-state index contributed by atoms with van der Waals surface area (Å²) in [5.74, 6) is -1.85. The Hall–Kier alpha value is -3.09. The molecule has 3 N–H and O–H groups in total. The van der Waals surface area contributed by atoms with Crippen LogP contribution in [-0.2, 0) is 47.3 Å². The van der Waals surface area contributed by atoms with Gasteiger partial charge in [0.1, 0.15) is 16.7 Å². The first-order valence-corrected chi connectivity index (χ1v) is 18.5. The fraction of sp³-hybridized carbons (Fsp3) is 0.481. The van der Waals surface area contributed by atoms with Crippen LogP contribution in [0.4, 0.5) is 0 Å². The zero-order valence-electron chi connectivity index (χ0n) is 24.9. The van der Waals surface area contributed by atoms with Gasteiger partial charge in [0.15, 0.2) is 5.01 Å². The second kappa shape index (κ2) is 12.3. The molecule has 2 aliphatic heterocycles. The average molecular weight is 701 g/mol. The minimum Gasteiger partial charge on any atom is -0.459 e. The van der Waals surface area contributed by atoms with E-state index in [4.69, 9.17) is 16.3 Å². The van der Waals surface area contributed by atoms with Gasteiger partial charge in [-0.1, -0.05) is 11.6 Å². The summed E-state index contributed by atoms with van der Waals surface area (Å²) >= 11 is 7.20. The molecule has 2 aliphatic rings. The van der Waals surface area contributed by atoms with Gasteiger partial charge in [0, 0.05) is 59.8 Å². The fourth-order valence-electron chi connectivity index (χ4n) is 5.22. The topological polar surface area (TPSA) is 188 Å². The molecule has 0 spiro atoms. The number of hydrogen-bond donors (Lipinski definition) is 3. The van der Waals surface area contributed by atoms with Crippen LogP contribution < -0.4 is 10.0 Å². The molecule has 2 amide bonds. The fourth-order valence-corrected chi connectivity index (χ4v) is 8.38. The Kier molecular flexibility index (Phi) is 9.07. The van der Waals surface area contributed by atoms with Crippen LogP contribution in [0.5, 0.6) is 0 Å². The van der Waals surface area contributed by atoms with Crippen molar-refractivity contribution in [3.63, 3.8) is 0 Å². The van der Waals surface area contributed by atoms with Crippen LogP contribution >= 0.6 is 22.9 Å². The minimum absolute atomic E-state index is 0.0794. The standard InChI is InChI=1S/C27H33ClN6O8S3/c1-27(2,3)42-26(37)20-12-19-21(13-29-20)43-24(31-19)25(36)34-8-7-33(14-17(34)11-22(35)32-44(4,38)39)45(40,41)23-10-15-9-16(28)5-6-18(15)30-23/h5-6,9-10,17,20,29-30H,7-8,11-14H2,1-4H3,(H,32,35). The number of fused-ring (bicyclic) bond motifs is 2. The molecule has 1 aromatic carbocycles. The first kappa shape index (κ1) is 33.3. The molecule has 14 nitrogen and oxygen atoms in total. The van der Waals surface area contributed by atoms with Gasteiger partial charge in [-0.3, -0.25) is 24.4 Å². The third-order valence-corrected chi connectivity index (χ3v) is 10.9. The van der Waals surface area contributed by atoms with E-state index in [1.807, 2.05) is 4.72 Å². The van der Waals surface area contributed by atoms with E-state index in [1.54, 1.807) is 39.0 Å². The van der Waals surface area contributed by atoms with Crippen molar-refractivity contribution in [2.45, 2.75) is 62.9 Å². The molecule has 2 atom stereocenters. The molecule has 0 aliphatic carbocycles. The van der Waals surface area contributed by atoms with Crippen LogP contribution in [0.2, 0.25) is 5.02 Å². The number of sulfonamides is 2. The van der Waals surface area contributed by atoms with E-state index in [0.717, 1.165) is 26.8 Å². The lowest BCUT2D eigenvalue weighted by Gasteiger charge is -2.40. The van der Waals surface area contributed by atoms with Gasteiger partial charge in [0.2, 0.25) is 15.9 Å². The summed E-state index contributed by atoms with van der Waals surface area (Å²) in [6, 6.07) is 4.73. The number of carbonyl (C=O) groups is 3. The normalized spacial score (nSPS) is 19.7. The predicted molar refractivity (Wildman–Crippen MR) is 167 cm³/mol. The molecule has 18 heteroatoms. The average Bonchev–Trinajstić information content (AvgIpc) is 3.54. The maximum atomic E-state index is 13.8. The van der Waals surface area contributed by atoms with Crippen LogP contribution in [0.3, 0.4) is 0 Å². The van der Waals surface area contributed by atoms with E-state index in [0.29, 0.717) is 28.2 Å². The van der Waals surface area contributed by atoms with Crippen molar-refractivity contribution in [3.05, 3.63) is 44.9 Å². The lowest BCUT2D eigenvalue weighted by Crippen LogP contribution is -2.57. The summed E-state index contributed by atoms with van der Waals surface area (Å²) in [7, 11) is -8.00. The van der Waals surface area contributed by atoms with Crippen molar-refractivity contribution in [1.29, 1.82) is 0 Å². The number of amides is 2. The number of ether oxygens (including phenoxy) is 1. The monoisotopic (exact) mass is 700 g/mol. The zero-order chi connectivity index (χ0) is 32.9. The Morgan fingerprint density at radius 1 is 1.16 bits per heavy atom. The highest BCUT2D eigenvalue weighted by molar-refractivity contribution is 7.89. The highest BCUT2D eigenvalue weighted by Crippen LogP contribution is 2.29. The van der Waals surface area contributed by atoms with E-state index in [9.17, 15) is 31.2 Å². The lowest BCUT2D eigenvalue weighted by molar-refractivity contribution is -0.157. The molecular weight excluding hydrogens is 668 g/mol. The summed E-state index contributed by atoms with van der Waals surface area (Å²) in [4.78, 5) is 48.6. The second-order valence-electron chi connectivity index (χ2n) is 11.9. The van der Waals surface area contributed by atoms with E-state index in [1.165, 1.54) is 11.0 Å². The van der Waals surface area contributed by atoms with Crippen LogP contribution in [0.15, 0.2) is 29.3 Å². The molecule has 0 saturated carbocycles. The number of hydrogen-bond acceptors (Lipinski definition) is 11. The number of carbonyl (C=O) groups excluding carboxylic acids is 3. The maximum absolute atomic E-state index is 13.8. The number of aromatic amines is 1. The minimum atomic E-state index is -4.10. The Bertz CT molecular complexity index is 1880. The van der Waals surface area contributed by atoms with Crippen molar-refractivity contribution in [2.24, 2.45) is 0 Å². The van der Waals surface area contributed by atoms with Crippen molar-refractivity contribution < 1.29 is 36.0 Å². The van der Waals surface area contributed by atoms with Gasteiger partial charge in [0.25, 0.3) is 15.9 Å². The molecule has 2 unspecified atom stereocenters. The third-order valence-electron chi connectivity index (χ3n) is 7.16. The van der Waals surface area contributed by atoms with E-state index in [2.05, 4.69) is 15.3 Å². The summed E-state index contributed by atoms with van der Waals surface area (Å²) < 4.78 is 59.3. The third kappa shape index (κ3) is 7.66. The van der Waals surface area contributed by atoms with E-state index in [-0.39, 0.29) is 36.1 Å². The molecule has 45 heavy (non-hydrogen) atoms. The van der Waals surface area contributed by atoms with Crippen LogP contribution in [-0.4, -0.2) is 97.4 Å². The molecule has 244 valence electrons. The molecule has 4 heterocycles. The quantitative estimate of drug-likeness (QED) is 0.306. The highest BCUT2D eigenvalue weighted by atomic mass is 35.5. The molecule has 0 bridgehead atoms. The SMILES string of the molecule is CC(C)(C)OC(=O)C1Cc2nc(C(=O)N3CCN(S(=O)(=O)c4cc5cc(Cl)ccc5[nH]4)CC3CC(=O)NS(C)(=O)=O)sc2CN1. The van der Waals surface area contributed by atoms with Gasteiger partial charge in [0.05, 0.1) is 18.0 Å².